The van der Waals surface area contributed by atoms with E-state index in [-0.39, 0.29) is 6.54 Å². The third kappa shape index (κ3) is 2.22. The normalized spacial score (nSPS) is 11.1. The van der Waals surface area contributed by atoms with Crippen LogP contribution >= 0.6 is 23.2 Å². The average Bonchev–Trinajstić information content (AvgIpc) is 2.71. The molecule has 0 atom stereocenters. The van der Waals surface area contributed by atoms with E-state index in [2.05, 4.69) is 9.97 Å². The van der Waals surface area contributed by atoms with Crippen LogP contribution in [0.15, 0.2) is 39.7 Å². The zero-order valence-corrected chi connectivity index (χ0v) is 11.0. The smallest absolute Gasteiger partial charge is 0.406 e. The molecule has 0 aliphatic carbocycles. The van der Waals surface area contributed by atoms with E-state index in [1.807, 2.05) is 0 Å². The Bertz CT molecular complexity index is 810. The molecule has 0 aromatic carbocycles. The van der Waals surface area contributed by atoms with Crippen molar-refractivity contribution in [2.75, 3.05) is 0 Å². The predicted octanol–water partition coefficient (Wildman–Crippen LogP) is 2.74. The number of oxazole rings is 1. The first-order valence-corrected chi connectivity index (χ1v) is 6.16. The van der Waals surface area contributed by atoms with E-state index in [4.69, 9.17) is 27.6 Å². The molecule has 0 aliphatic heterocycles. The Balaban J connectivity index is 2.13. The summed E-state index contributed by atoms with van der Waals surface area (Å²) in [5, 5.41) is 0.745. The molecular weight excluding hydrogens is 289 g/mol. The van der Waals surface area contributed by atoms with Gasteiger partial charge in [0.05, 0.1) is 17.3 Å². The van der Waals surface area contributed by atoms with Gasteiger partial charge in [0, 0.05) is 6.20 Å². The topological polar surface area (TPSA) is 60.9 Å². The van der Waals surface area contributed by atoms with Crippen LogP contribution in [0.4, 0.5) is 0 Å². The monoisotopic (exact) mass is 295 g/mol. The minimum atomic E-state index is -0.508. The number of halogens is 2. The maximum Gasteiger partial charge on any atom is 0.421 e. The first kappa shape index (κ1) is 12.2. The van der Waals surface area contributed by atoms with Gasteiger partial charge in [0.2, 0.25) is 0 Å². The zero-order valence-electron chi connectivity index (χ0n) is 9.51. The van der Waals surface area contributed by atoms with Crippen LogP contribution in [0.25, 0.3) is 11.2 Å². The van der Waals surface area contributed by atoms with Crippen molar-refractivity contribution in [3.8, 4) is 0 Å². The van der Waals surface area contributed by atoms with Crippen molar-refractivity contribution in [2.24, 2.45) is 0 Å². The van der Waals surface area contributed by atoms with Crippen LogP contribution in [0.3, 0.4) is 0 Å². The van der Waals surface area contributed by atoms with Crippen molar-refractivity contribution in [2.45, 2.75) is 6.54 Å². The molecule has 3 aromatic heterocycles. The summed E-state index contributed by atoms with van der Waals surface area (Å²) in [6.45, 7) is 0.155. The standard InChI is InChI=1S/C12H7Cl2N3O2/c13-7-3-4-10(14)16-8(7)6-17-11-9(19-12(17)18)2-1-5-15-11/h1-5H,6H2. The Labute approximate surface area is 117 Å². The molecule has 0 amide bonds. The molecule has 0 N–H and O–H groups in total. The zero-order chi connectivity index (χ0) is 13.4. The first-order valence-electron chi connectivity index (χ1n) is 5.40. The van der Waals surface area contributed by atoms with Crippen LogP contribution < -0.4 is 5.76 Å². The van der Waals surface area contributed by atoms with Crippen LogP contribution in [0.1, 0.15) is 5.69 Å². The lowest BCUT2D eigenvalue weighted by atomic mass is 10.3. The van der Waals surface area contributed by atoms with Crippen molar-refractivity contribution in [3.63, 3.8) is 0 Å². The molecule has 7 heteroatoms. The highest BCUT2D eigenvalue weighted by atomic mass is 35.5. The summed E-state index contributed by atoms with van der Waals surface area (Å²) in [6.07, 6.45) is 1.58. The van der Waals surface area contributed by atoms with E-state index in [1.54, 1.807) is 30.5 Å². The Morgan fingerprint density at radius 1 is 1.26 bits per heavy atom. The van der Waals surface area contributed by atoms with Gasteiger partial charge >= 0.3 is 5.76 Å². The highest BCUT2D eigenvalue weighted by molar-refractivity contribution is 6.32. The molecule has 5 nitrogen and oxygen atoms in total. The minimum absolute atomic E-state index is 0.155. The molecule has 96 valence electrons. The number of nitrogens with zero attached hydrogens (tertiary/aromatic N) is 3. The Morgan fingerprint density at radius 3 is 2.95 bits per heavy atom. The van der Waals surface area contributed by atoms with Gasteiger partial charge in [-0.2, -0.15) is 0 Å². The second-order valence-corrected chi connectivity index (χ2v) is 4.64. The fraction of sp³-hybridized carbons (Fsp3) is 0.0833. The summed E-state index contributed by atoms with van der Waals surface area (Å²) < 4.78 is 6.44. The number of fused-ring (bicyclic) bond motifs is 1. The molecule has 19 heavy (non-hydrogen) atoms. The van der Waals surface area contributed by atoms with Gasteiger partial charge in [-0.1, -0.05) is 23.2 Å². The van der Waals surface area contributed by atoms with E-state index >= 15 is 0 Å². The molecule has 0 radical (unpaired) electrons. The van der Waals surface area contributed by atoms with Gasteiger partial charge in [0.1, 0.15) is 5.15 Å². The molecule has 0 unspecified atom stereocenters. The summed E-state index contributed by atoms with van der Waals surface area (Å²) in [7, 11) is 0. The summed E-state index contributed by atoms with van der Waals surface area (Å²) in [4.78, 5) is 20.0. The highest BCUT2D eigenvalue weighted by Gasteiger charge is 2.13. The molecule has 0 bridgehead atoms. The molecule has 0 fully saturated rings. The molecule has 3 heterocycles. The van der Waals surface area contributed by atoms with E-state index < -0.39 is 5.76 Å². The van der Waals surface area contributed by atoms with Crippen LogP contribution in [0, 0.1) is 0 Å². The Kier molecular flexibility index (Phi) is 3.00. The van der Waals surface area contributed by atoms with Gasteiger partial charge in [0.15, 0.2) is 11.2 Å². The highest BCUT2D eigenvalue weighted by Crippen LogP contribution is 2.19. The van der Waals surface area contributed by atoms with E-state index in [9.17, 15) is 4.79 Å². The molecular formula is C12H7Cl2N3O2. The predicted molar refractivity (Wildman–Crippen MR) is 71.6 cm³/mol. The Morgan fingerprint density at radius 2 is 2.11 bits per heavy atom. The third-order valence-corrected chi connectivity index (χ3v) is 3.17. The summed E-state index contributed by atoms with van der Waals surface area (Å²) in [6, 6.07) is 6.59. The van der Waals surface area contributed by atoms with Crippen LogP contribution in [-0.4, -0.2) is 14.5 Å². The molecule has 3 rings (SSSR count). The lowest BCUT2D eigenvalue weighted by Gasteiger charge is -2.04. The van der Waals surface area contributed by atoms with Crippen LogP contribution in [-0.2, 0) is 6.54 Å². The van der Waals surface area contributed by atoms with Gasteiger partial charge in [0.25, 0.3) is 0 Å². The van der Waals surface area contributed by atoms with Crippen molar-refractivity contribution in [1.29, 1.82) is 0 Å². The second-order valence-electron chi connectivity index (χ2n) is 3.84. The van der Waals surface area contributed by atoms with E-state index in [0.29, 0.717) is 27.1 Å². The maximum absolute atomic E-state index is 11.8. The third-order valence-electron chi connectivity index (χ3n) is 2.62. The van der Waals surface area contributed by atoms with Crippen molar-refractivity contribution >= 4 is 34.4 Å². The SMILES string of the molecule is O=c1oc2cccnc2n1Cc1nc(Cl)ccc1Cl. The van der Waals surface area contributed by atoms with Gasteiger partial charge < -0.3 is 4.42 Å². The molecule has 0 saturated heterocycles. The fourth-order valence-corrected chi connectivity index (χ4v) is 2.09. The Hall–Kier alpha value is -1.85. The minimum Gasteiger partial charge on any atom is -0.406 e. The lowest BCUT2D eigenvalue weighted by Crippen LogP contribution is -2.16. The molecule has 0 aliphatic rings. The summed E-state index contributed by atoms with van der Waals surface area (Å²) in [5.41, 5.74) is 1.36. The van der Waals surface area contributed by atoms with Gasteiger partial charge in [-0.15, -0.1) is 0 Å². The summed E-state index contributed by atoms with van der Waals surface area (Å²) >= 11 is 11.8. The molecule has 0 saturated carbocycles. The largest absolute Gasteiger partial charge is 0.421 e. The lowest BCUT2D eigenvalue weighted by molar-refractivity contribution is 0.516. The quantitative estimate of drug-likeness (QED) is 0.682. The van der Waals surface area contributed by atoms with Crippen LogP contribution in [0.2, 0.25) is 10.2 Å². The fourth-order valence-electron chi connectivity index (χ4n) is 1.76. The van der Waals surface area contributed by atoms with Crippen molar-refractivity contribution < 1.29 is 4.42 Å². The number of rotatable bonds is 2. The molecule has 3 aromatic rings. The van der Waals surface area contributed by atoms with Crippen molar-refractivity contribution in [3.05, 3.63) is 56.9 Å². The number of hydrogen-bond donors (Lipinski definition) is 0. The number of pyridine rings is 2. The van der Waals surface area contributed by atoms with Gasteiger partial charge in [-0.3, -0.25) is 4.57 Å². The number of aromatic nitrogens is 3. The van der Waals surface area contributed by atoms with Crippen LogP contribution in [0.5, 0.6) is 0 Å². The van der Waals surface area contributed by atoms with Gasteiger partial charge in [-0.05, 0) is 24.3 Å². The van der Waals surface area contributed by atoms with E-state index in [0.717, 1.165) is 0 Å². The molecule has 0 spiro atoms. The summed E-state index contributed by atoms with van der Waals surface area (Å²) in [5.74, 6) is -0.508. The number of hydrogen-bond acceptors (Lipinski definition) is 4. The van der Waals surface area contributed by atoms with E-state index in [1.165, 1.54) is 4.57 Å². The first-order chi connectivity index (χ1) is 9.15. The average molecular weight is 296 g/mol. The maximum atomic E-state index is 11.8. The van der Waals surface area contributed by atoms with Crippen molar-refractivity contribution in [1.82, 2.24) is 14.5 Å². The second kappa shape index (κ2) is 4.68. The van der Waals surface area contributed by atoms with Gasteiger partial charge in [-0.25, -0.2) is 14.8 Å².